The highest BCUT2D eigenvalue weighted by Gasteiger charge is 2.24. The number of hydrogen-bond donors (Lipinski definition) is 0. The maximum absolute atomic E-state index is 2.46. The van der Waals surface area contributed by atoms with E-state index in [9.17, 15) is 0 Å². The molecule has 0 fully saturated rings. The summed E-state index contributed by atoms with van der Waals surface area (Å²) in [7, 11) is 0. The number of nitrogens with zero attached hydrogens (tertiary/aromatic N) is 2. The van der Waals surface area contributed by atoms with Gasteiger partial charge in [-0.25, -0.2) is 0 Å². The van der Waals surface area contributed by atoms with Gasteiger partial charge >= 0.3 is 0 Å². The molecule has 0 aliphatic carbocycles. The third kappa shape index (κ3) is 5.36. The van der Waals surface area contributed by atoms with Crippen LogP contribution in [0.5, 0.6) is 0 Å². The van der Waals surface area contributed by atoms with Crippen LogP contribution in [0.2, 0.25) is 0 Å². The van der Waals surface area contributed by atoms with E-state index >= 15 is 0 Å². The van der Waals surface area contributed by atoms with E-state index in [1.54, 1.807) is 0 Å². The summed E-state index contributed by atoms with van der Waals surface area (Å²) in [6, 6.07) is 78.9. The predicted molar refractivity (Wildman–Crippen MR) is 229 cm³/mol. The summed E-state index contributed by atoms with van der Waals surface area (Å²) in [5.41, 5.74) is 14.0. The van der Waals surface area contributed by atoms with Crippen LogP contribution >= 0.6 is 0 Å². The monoisotopic (exact) mass is 688 g/mol. The summed E-state index contributed by atoms with van der Waals surface area (Å²) in [6.45, 7) is 0. The molecule has 0 aliphatic heterocycles. The molecule has 10 aromatic rings. The second-order valence-electron chi connectivity index (χ2n) is 13.7. The molecule has 2 heteroatoms. The SMILES string of the molecule is c1ccc(-c2ccc(-n3c4ccccc4c4c(N(c5ccccc5)c5ccccc5-c5cccc6ccccc56)cccc43)c(-c3ccccc3)c2)cc1. The van der Waals surface area contributed by atoms with E-state index in [2.05, 4.69) is 228 Å². The minimum absolute atomic E-state index is 1.10. The smallest absolute Gasteiger partial charge is 0.0562 e. The van der Waals surface area contributed by atoms with Crippen LogP contribution in [-0.2, 0) is 0 Å². The van der Waals surface area contributed by atoms with E-state index < -0.39 is 0 Å². The van der Waals surface area contributed by atoms with E-state index in [0.29, 0.717) is 0 Å². The maximum atomic E-state index is 2.46. The van der Waals surface area contributed by atoms with Gasteiger partial charge in [0.2, 0.25) is 0 Å². The van der Waals surface area contributed by atoms with Crippen molar-refractivity contribution in [2.75, 3.05) is 4.90 Å². The number of anilines is 3. The van der Waals surface area contributed by atoms with Crippen molar-refractivity contribution in [2.24, 2.45) is 0 Å². The molecule has 0 N–H and O–H groups in total. The maximum Gasteiger partial charge on any atom is 0.0562 e. The zero-order valence-electron chi connectivity index (χ0n) is 29.7. The lowest BCUT2D eigenvalue weighted by molar-refractivity contribution is 1.18. The van der Waals surface area contributed by atoms with E-state index in [1.807, 2.05) is 0 Å². The lowest BCUT2D eigenvalue weighted by Gasteiger charge is -2.29. The molecule has 0 radical (unpaired) electrons. The Kier molecular flexibility index (Phi) is 7.85. The Morgan fingerprint density at radius 3 is 1.72 bits per heavy atom. The molecule has 0 unspecified atom stereocenters. The second kappa shape index (κ2) is 13.4. The van der Waals surface area contributed by atoms with Gasteiger partial charge in [-0.05, 0) is 81.6 Å². The summed E-state index contributed by atoms with van der Waals surface area (Å²) in [5, 5.41) is 4.88. The topological polar surface area (TPSA) is 8.17 Å². The molecule has 0 amide bonds. The Bertz CT molecular complexity index is 2920. The molecule has 0 saturated carbocycles. The van der Waals surface area contributed by atoms with Crippen LogP contribution in [-0.4, -0.2) is 4.57 Å². The van der Waals surface area contributed by atoms with Crippen molar-refractivity contribution >= 4 is 49.6 Å². The van der Waals surface area contributed by atoms with Gasteiger partial charge in [0.15, 0.2) is 0 Å². The molecule has 0 spiro atoms. The van der Waals surface area contributed by atoms with E-state index in [4.69, 9.17) is 0 Å². The van der Waals surface area contributed by atoms with Crippen molar-refractivity contribution in [2.45, 2.75) is 0 Å². The van der Waals surface area contributed by atoms with Gasteiger partial charge in [-0.3, -0.25) is 0 Å². The lowest BCUT2D eigenvalue weighted by Crippen LogP contribution is -2.11. The highest BCUT2D eigenvalue weighted by Crippen LogP contribution is 2.48. The minimum Gasteiger partial charge on any atom is -0.309 e. The fourth-order valence-corrected chi connectivity index (χ4v) is 8.18. The molecule has 1 heterocycles. The van der Waals surface area contributed by atoms with Crippen molar-refractivity contribution in [3.8, 4) is 39.1 Å². The summed E-state index contributed by atoms with van der Waals surface area (Å²) >= 11 is 0. The Labute approximate surface area is 315 Å². The summed E-state index contributed by atoms with van der Waals surface area (Å²) in [4.78, 5) is 2.45. The zero-order valence-corrected chi connectivity index (χ0v) is 29.7. The minimum atomic E-state index is 1.10. The fraction of sp³-hybridized carbons (Fsp3) is 0. The van der Waals surface area contributed by atoms with Gasteiger partial charge in [0.05, 0.1) is 28.1 Å². The first-order valence-corrected chi connectivity index (χ1v) is 18.5. The van der Waals surface area contributed by atoms with Crippen molar-refractivity contribution < 1.29 is 0 Å². The molecule has 54 heavy (non-hydrogen) atoms. The number of para-hydroxylation sites is 3. The van der Waals surface area contributed by atoms with Crippen molar-refractivity contribution in [1.82, 2.24) is 4.57 Å². The van der Waals surface area contributed by atoms with Gasteiger partial charge in [-0.15, -0.1) is 0 Å². The highest BCUT2D eigenvalue weighted by molar-refractivity contribution is 6.17. The van der Waals surface area contributed by atoms with Crippen molar-refractivity contribution in [1.29, 1.82) is 0 Å². The van der Waals surface area contributed by atoms with E-state index in [1.165, 1.54) is 60.4 Å². The molecule has 0 aliphatic rings. The molecule has 2 nitrogen and oxygen atoms in total. The van der Waals surface area contributed by atoms with Crippen LogP contribution < -0.4 is 4.90 Å². The van der Waals surface area contributed by atoms with E-state index in [0.717, 1.165) is 28.3 Å². The first-order valence-electron chi connectivity index (χ1n) is 18.5. The first kappa shape index (κ1) is 31.6. The number of rotatable bonds is 7. The van der Waals surface area contributed by atoms with Gasteiger partial charge in [-0.2, -0.15) is 0 Å². The van der Waals surface area contributed by atoms with Crippen LogP contribution in [0.3, 0.4) is 0 Å². The molecule has 0 bridgehead atoms. The number of aromatic nitrogens is 1. The van der Waals surface area contributed by atoms with Gasteiger partial charge < -0.3 is 9.47 Å². The number of fused-ring (bicyclic) bond motifs is 4. The predicted octanol–water partition coefficient (Wildman–Crippen LogP) is 14.4. The van der Waals surface area contributed by atoms with Gasteiger partial charge in [0, 0.05) is 27.6 Å². The Morgan fingerprint density at radius 2 is 0.907 bits per heavy atom. The summed E-state index contributed by atoms with van der Waals surface area (Å²) < 4.78 is 2.46. The summed E-state index contributed by atoms with van der Waals surface area (Å²) in [5.74, 6) is 0. The van der Waals surface area contributed by atoms with Crippen LogP contribution in [0.1, 0.15) is 0 Å². The number of hydrogen-bond acceptors (Lipinski definition) is 1. The third-order valence-corrected chi connectivity index (χ3v) is 10.6. The van der Waals surface area contributed by atoms with Gasteiger partial charge in [0.25, 0.3) is 0 Å². The molecular weight excluding hydrogens is 653 g/mol. The molecular formula is C52H36N2. The zero-order chi connectivity index (χ0) is 35.8. The molecule has 9 aromatic carbocycles. The van der Waals surface area contributed by atoms with Crippen LogP contribution in [0.15, 0.2) is 218 Å². The normalized spacial score (nSPS) is 11.3. The molecule has 10 rings (SSSR count). The van der Waals surface area contributed by atoms with Crippen LogP contribution in [0.4, 0.5) is 17.1 Å². The first-order chi connectivity index (χ1) is 26.8. The highest BCUT2D eigenvalue weighted by atomic mass is 15.2. The number of benzene rings is 9. The molecule has 254 valence electrons. The van der Waals surface area contributed by atoms with Gasteiger partial charge in [0.1, 0.15) is 0 Å². The molecule has 0 saturated heterocycles. The largest absolute Gasteiger partial charge is 0.309 e. The quantitative estimate of drug-likeness (QED) is 0.162. The van der Waals surface area contributed by atoms with Gasteiger partial charge in [-0.1, -0.05) is 170 Å². The second-order valence-corrected chi connectivity index (χ2v) is 13.7. The van der Waals surface area contributed by atoms with Crippen LogP contribution in [0.25, 0.3) is 71.6 Å². The Hall–Kier alpha value is -7.16. The molecule has 0 atom stereocenters. The Morgan fingerprint density at radius 1 is 0.333 bits per heavy atom. The average molecular weight is 689 g/mol. The van der Waals surface area contributed by atoms with Crippen molar-refractivity contribution in [3.63, 3.8) is 0 Å². The third-order valence-electron chi connectivity index (χ3n) is 10.6. The molecule has 1 aromatic heterocycles. The summed E-state index contributed by atoms with van der Waals surface area (Å²) in [6.07, 6.45) is 0. The Balaban J connectivity index is 1.26. The average Bonchev–Trinajstić information content (AvgIpc) is 3.59. The fourth-order valence-electron chi connectivity index (χ4n) is 8.18. The van der Waals surface area contributed by atoms with E-state index in [-0.39, 0.29) is 0 Å². The lowest BCUT2D eigenvalue weighted by atomic mass is 9.96. The van der Waals surface area contributed by atoms with Crippen molar-refractivity contribution in [3.05, 3.63) is 218 Å². The van der Waals surface area contributed by atoms with Crippen LogP contribution in [0, 0.1) is 0 Å². The standard InChI is InChI=1S/C52H36N2/c1-4-18-37(19-5-1)40-34-35-49(46(36-40)39-20-6-2-7-21-39)54-48-31-15-13-28-45(48)52-50(32-17-33-51(52)54)53(41-24-8-3-9-25-41)47-30-14-12-27-44(47)43-29-16-23-38-22-10-11-26-42(38)43/h1-36H.